The van der Waals surface area contributed by atoms with Crippen LogP contribution in [0.3, 0.4) is 0 Å². The second-order valence-electron chi connectivity index (χ2n) is 5.32. The highest BCUT2D eigenvalue weighted by atomic mass is 16.1. The topological polar surface area (TPSA) is 55.1 Å². The van der Waals surface area contributed by atoms with E-state index in [2.05, 4.69) is 12.2 Å². The van der Waals surface area contributed by atoms with Crippen molar-refractivity contribution in [2.45, 2.75) is 70.8 Å². The van der Waals surface area contributed by atoms with Crippen molar-refractivity contribution in [2.75, 3.05) is 6.54 Å². The first-order valence-corrected chi connectivity index (χ1v) is 7.25. The van der Waals surface area contributed by atoms with Gasteiger partial charge in [0.1, 0.15) is 0 Å². The largest absolute Gasteiger partial charge is 0.353 e. The molecule has 0 radical (unpaired) electrons. The molecule has 1 saturated carbocycles. The van der Waals surface area contributed by atoms with Crippen LogP contribution in [0.15, 0.2) is 0 Å². The van der Waals surface area contributed by atoms with Gasteiger partial charge in [0.2, 0.25) is 5.91 Å². The highest BCUT2D eigenvalue weighted by molar-refractivity contribution is 5.76. The second kappa shape index (κ2) is 8.51. The summed E-state index contributed by atoms with van der Waals surface area (Å²) < 4.78 is 0. The van der Waals surface area contributed by atoms with E-state index in [4.69, 9.17) is 5.73 Å². The number of nitrogens with two attached hydrogens (primary N) is 1. The fourth-order valence-electron chi connectivity index (χ4n) is 2.78. The molecule has 0 heterocycles. The number of hydrogen-bond acceptors (Lipinski definition) is 2. The van der Waals surface area contributed by atoms with Gasteiger partial charge in [-0.05, 0) is 38.1 Å². The van der Waals surface area contributed by atoms with E-state index in [9.17, 15) is 4.79 Å². The van der Waals surface area contributed by atoms with Gasteiger partial charge in [0.05, 0.1) is 0 Å². The fourth-order valence-corrected chi connectivity index (χ4v) is 2.78. The molecule has 0 aromatic carbocycles. The molecule has 3 N–H and O–H groups in total. The van der Waals surface area contributed by atoms with E-state index in [-0.39, 0.29) is 5.91 Å². The molecule has 3 heteroatoms. The summed E-state index contributed by atoms with van der Waals surface area (Å²) in [6.07, 6.45) is 10.0. The van der Waals surface area contributed by atoms with Gasteiger partial charge in [-0.1, -0.05) is 32.6 Å². The number of nitrogens with one attached hydrogen (secondary N) is 1. The zero-order chi connectivity index (χ0) is 12.5. The summed E-state index contributed by atoms with van der Waals surface area (Å²) in [6.45, 7) is 2.94. The van der Waals surface area contributed by atoms with Crippen molar-refractivity contribution >= 4 is 5.91 Å². The lowest BCUT2D eigenvalue weighted by molar-refractivity contribution is -0.122. The molecule has 1 aliphatic carbocycles. The number of hydrogen-bond donors (Lipinski definition) is 2. The summed E-state index contributed by atoms with van der Waals surface area (Å²) in [5.41, 5.74) is 5.60. The van der Waals surface area contributed by atoms with Gasteiger partial charge in [0.15, 0.2) is 0 Å². The SMILES string of the molecule is CCCC(CCN)CCC(=O)NC1CCCC1. The van der Waals surface area contributed by atoms with E-state index < -0.39 is 0 Å². The molecular weight excluding hydrogens is 212 g/mol. The summed E-state index contributed by atoms with van der Waals surface area (Å²) in [5.74, 6) is 0.884. The van der Waals surface area contributed by atoms with Crippen molar-refractivity contribution < 1.29 is 4.79 Å². The maximum absolute atomic E-state index is 11.8. The van der Waals surface area contributed by atoms with E-state index in [0.717, 1.165) is 19.4 Å². The molecule has 0 bridgehead atoms. The minimum absolute atomic E-state index is 0.245. The molecule has 1 unspecified atom stereocenters. The Balaban J connectivity index is 2.15. The van der Waals surface area contributed by atoms with E-state index in [0.29, 0.717) is 18.4 Å². The highest BCUT2D eigenvalue weighted by Gasteiger charge is 2.17. The molecule has 0 spiro atoms. The van der Waals surface area contributed by atoms with E-state index >= 15 is 0 Å². The lowest BCUT2D eigenvalue weighted by Gasteiger charge is -2.16. The normalized spacial score (nSPS) is 18.2. The molecule has 1 atom stereocenters. The van der Waals surface area contributed by atoms with Crippen molar-refractivity contribution in [1.82, 2.24) is 5.32 Å². The first-order valence-electron chi connectivity index (χ1n) is 7.25. The van der Waals surface area contributed by atoms with Crippen LogP contribution >= 0.6 is 0 Å². The zero-order valence-corrected chi connectivity index (χ0v) is 11.2. The molecule has 0 aromatic heterocycles. The predicted octanol–water partition coefficient (Wildman–Crippen LogP) is 2.59. The van der Waals surface area contributed by atoms with Crippen molar-refractivity contribution in [2.24, 2.45) is 11.7 Å². The fraction of sp³-hybridized carbons (Fsp3) is 0.929. The van der Waals surface area contributed by atoms with Crippen LogP contribution in [0.1, 0.15) is 64.7 Å². The Hall–Kier alpha value is -0.570. The van der Waals surface area contributed by atoms with Gasteiger partial charge in [-0.15, -0.1) is 0 Å². The third-order valence-electron chi connectivity index (χ3n) is 3.77. The lowest BCUT2D eigenvalue weighted by Crippen LogP contribution is -2.32. The summed E-state index contributed by atoms with van der Waals surface area (Å²) >= 11 is 0. The molecular formula is C14H28N2O. The smallest absolute Gasteiger partial charge is 0.220 e. The van der Waals surface area contributed by atoms with E-state index in [1.54, 1.807) is 0 Å². The van der Waals surface area contributed by atoms with Gasteiger partial charge in [0, 0.05) is 12.5 Å². The summed E-state index contributed by atoms with van der Waals surface area (Å²) in [6, 6.07) is 0.460. The van der Waals surface area contributed by atoms with Crippen LogP contribution in [-0.2, 0) is 4.79 Å². The van der Waals surface area contributed by atoms with Crippen LogP contribution in [0.4, 0.5) is 0 Å². The first-order chi connectivity index (χ1) is 8.26. The van der Waals surface area contributed by atoms with Crippen molar-refractivity contribution in [1.29, 1.82) is 0 Å². The van der Waals surface area contributed by atoms with E-state index in [1.165, 1.54) is 38.5 Å². The third kappa shape index (κ3) is 6.06. The van der Waals surface area contributed by atoms with Gasteiger partial charge in [0.25, 0.3) is 0 Å². The monoisotopic (exact) mass is 240 g/mol. The van der Waals surface area contributed by atoms with Crippen LogP contribution in [-0.4, -0.2) is 18.5 Å². The Kier molecular flexibility index (Phi) is 7.25. The average molecular weight is 240 g/mol. The Bertz CT molecular complexity index is 206. The number of carbonyl (C=O) groups is 1. The second-order valence-corrected chi connectivity index (χ2v) is 5.32. The standard InChI is InChI=1S/C14H28N2O/c1-2-5-12(10-11-15)8-9-14(17)16-13-6-3-4-7-13/h12-13H,2-11,15H2,1H3,(H,16,17). The first kappa shape index (κ1) is 14.5. The van der Waals surface area contributed by atoms with Gasteiger partial charge in [-0.3, -0.25) is 4.79 Å². The van der Waals surface area contributed by atoms with Crippen LogP contribution < -0.4 is 11.1 Å². The molecule has 1 fully saturated rings. The van der Waals surface area contributed by atoms with Gasteiger partial charge in [-0.2, -0.15) is 0 Å². The minimum Gasteiger partial charge on any atom is -0.353 e. The van der Waals surface area contributed by atoms with Crippen molar-refractivity contribution in [3.8, 4) is 0 Å². The Morgan fingerprint density at radius 2 is 2.00 bits per heavy atom. The molecule has 3 nitrogen and oxygen atoms in total. The number of rotatable bonds is 8. The third-order valence-corrected chi connectivity index (χ3v) is 3.77. The molecule has 0 saturated heterocycles. The molecule has 1 aliphatic rings. The van der Waals surface area contributed by atoms with Crippen LogP contribution in [0.25, 0.3) is 0 Å². The molecule has 17 heavy (non-hydrogen) atoms. The van der Waals surface area contributed by atoms with Crippen LogP contribution in [0.5, 0.6) is 0 Å². The summed E-state index contributed by atoms with van der Waals surface area (Å²) in [4.78, 5) is 11.8. The predicted molar refractivity (Wildman–Crippen MR) is 71.7 cm³/mol. The highest BCUT2D eigenvalue weighted by Crippen LogP contribution is 2.19. The number of carbonyl (C=O) groups excluding carboxylic acids is 1. The van der Waals surface area contributed by atoms with Crippen molar-refractivity contribution in [3.05, 3.63) is 0 Å². The molecule has 100 valence electrons. The van der Waals surface area contributed by atoms with Crippen molar-refractivity contribution in [3.63, 3.8) is 0 Å². The van der Waals surface area contributed by atoms with Crippen LogP contribution in [0.2, 0.25) is 0 Å². The summed E-state index contributed by atoms with van der Waals surface area (Å²) in [5, 5.41) is 3.15. The number of amides is 1. The van der Waals surface area contributed by atoms with Gasteiger partial charge >= 0.3 is 0 Å². The van der Waals surface area contributed by atoms with Crippen LogP contribution in [0, 0.1) is 5.92 Å². The van der Waals surface area contributed by atoms with Gasteiger partial charge in [-0.25, -0.2) is 0 Å². The zero-order valence-electron chi connectivity index (χ0n) is 11.2. The molecule has 1 rings (SSSR count). The van der Waals surface area contributed by atoms with E-state index in [1.807, 2.05) is 0 Å². The Morgan fingerprint density at radius 1 is 1.29 bits per heavy atom. The summed E-state index contributed by atoms with van der Waals surface area (Å²) in [7, 11) is 0. The quantitative estimate of drug-likeness (QED) is 0.685. The lowest BCUT2D eigenvalue weighted by atomic mass is 9.94. The average Bonchev–Trinajstić information content (AvgIpc) is 2.79. The molecule has 1 amide bonds. The van der Waals surface area contributed by atoms with Gasteiger partial charge < -0.3 is 11.1 Å². The molecule has 0 aromatic rings. The maximum Gasteiger partial charge on any atom is 0.220 e. The maximum atomic E-state index is 11.8. The molecule has 0 aliphatic heterocycles. The Labute approximate surface area is 106 Å². The Morgan fingerprint density at radius 3 is 2.59 bits per heavy atom. The minimum atomic E-state index is 0.245.